The number of ether oxygens (including phenoxy) is 1. The lowest BCUT2D eigenvalue weighted by atomic mass is 10.1. The van der Waals surface area contributed by atoms with Gasteiger partial charge in [0.15, 0.2) is 0 Å². The predicted molar refractivity (Wildman–Crippen MR) is 85.3 cm³/mol. The maximum atomic E-state index is 5.62. The zero-order valence-electron chi connectivity index (χ0n) is 12.6. The molecule has 112 valence electrons. The number of rotatable bonds is 5. The van der Waals surface area contributed by atoms with Crippen LogP contribution in [0.1, 0.15) is 12.6 Å². The van der Waals surface area contributed by atoms with Crippen LogP contribution in [0, 0.1) is 0 Å². The summed E-state index contributed by atoms with van der Waals surface area (Å²) < 4.78 is 5.62. The van der Waals surface area contributed by atoms with Crippen molar-refractivity contribution in [2.24, 2.45) is 0 Å². The van der Waals surface area contributed by atoms with Crippen molar-refractivity contribution >= 4 is 10.9 Å². The van der Waals surface area contributed by atoms with Crippen molar-refractivity contribution in [3.8, 4) is 0 Å². The second kappa shape index (κ2) is 6.98. The lowest BCUT2D eigenvalue weighted by molar-refractivity contribution is -0.0112. The largest absolute Gasteiger partial charge is 0.378 e. The summed E-state index contributed by atoms with van der Waals surface area (Å²) in [5.74, 6) is 0. The molecule has 1 atom stereocenters. The van der Waals surface area contributed by atoms with Crippen LogP contribution in [0.5, 0.6) is 0 Å². The average Bonchev–Trinajstić information content (AvgIpc) is 2.54. The minimum atomic E-state index is 0.437. The smallest absolute Gasteiger partial charge is 0.0705 e. The zero-order chi connectivity index (χ0) is 14.5. The van der Waals surface area contributed by atoms with Crippen LogP contribution >= 0.6 is 0 Å². The molecule has 0 spiro atoms. The van der Waals surface area contributed by atoms with Gasteiger partial charge in [-0.05, 0) is 18.7 Å². The summed E-state index contributed by atoms with van der Waals surface area (Å²) in [6.07, 6.45) is 0. The molecule has 1 saturated heterocycles. The van der Waals surface area contributed by atoms with Crippen molar-refractivity contribution in [3.63, 3.8) is 0 Å². The van der Waals surface area contributed by atoms with E-state index >= 15 is 0 Å². The topological polar surface area (TPSA) is 37.4 Å². The quantitative estimate of drug-likeness (QED) is 0.912. The Morgan fingerprint density at radius 1 is 1.29 bits per heavy atom. The normalized spacial score (nSPS) is 20.0. The van der Waals surface area contributed by atoms with E-state index < -0.39 is 0 Å². The summed E-state index contributed by atoms with van der Waals surface area (Å²) in [7, 11) is 0. The Labute approximate surface area is 126 Å². The number of likely N-dealkylation sites (N-methyl/N-ethyl adjacent to an activating group) is 1. The van der Waals surface area contributed by atoms with E-state index in [1.54, 1.807) is 0 Å². The fourth-order valence-electron chi connectivity index (χ4n) is 2.80. The fraction of sp³-hybridized carbons (Fsp3) is 0.471. The Balaban J connectivity index is 1.72. The molecule has 0 bridgehead atoms. The number of hydrogen-bond donors (Lipinski definition) is 1. The van der Waals surface area contributed by atoms with E-state index in [0.29, 0.717) is 6.04 Å². The molecule has 1 aliphatic rings. The van der Waals surface area contributed by atoms with Crippen LogP contribution in [0.2, 0.25) is 0 Å². The molecule has 0 radical (unpaired) electrons. The zero-order valence-corrected chi connectivity index (χ0v) is 12.6. The van der Waals surface area contributed by atoms with Gasteiger partial charge in [0.1, 0.15) is 0 Å². The third kappa shape index (κ3) is 3.59. The Kier molecular flexibility index (Phi) is 4.80. The highest BCUT2D eigenvalue weighted by Gasteiger charge is 2.22. The molecule has 2 aromatic rings. The van der Waals surface area contributed by atoms with Gasteiger partial charge in [0.2, 0.25) is 0 Å². The number of aromatic nitrogens is 1. The van der Waals surface area contributed by atoms with Gasteiger partial charge in [-0.1, -0.05) is 31.2 Å². The summed E-state index contributed by atoms with van der Waals surface area (Å²) in [5, 5.41) is 4.62. The van der Waals surface area contributed by atoms with E-state index in [1.807, 2.05) is 6.07 Å². The van der Waals surface area contributed by atoms with Crippen LogP contribution in [0.25, 0.3) is 10.9 Å². The molecule has 1 aliphatic heterocycles. The molecule has 3 rings (SSSR count). The third-order valence-corrected chi connectivity index (χ3v) is 4.00. The first-order valence-corrected chi connectivity index (χ1v) is 7.74. The monoisotopic (exact) mass is 285 g/mol. The SMILES string of the molecule is CCNCC1COCCN1Cc1ccc2ccccc2n1. The standard InChI is InChI=1S/C17H23N3O/c1-2-18-11-16-13-21-10-9-20(16)12-15-8-7-14-5-3-4-6-17(14)19-15/h3-8,16,18H,2,9-13H2,1H3. The Morgan fingerprint density at radius 2 is 2.19 bits per heavy atom. The molecule has 2 heterocycles. The molecular formula is C17H23N3O. The molecule has 1 fully saturated rings. The molecule has 1 aromatic heterocycles. The minimum absolute atomic E-state index is 0.437. The molecule has 0 aliphatic carbocycles. The average molecular weight is 285 g/mol. The lowest BCUT2D eigenvalue weighted by Crippen LogP contribution is -2.49. The van der Waals surface area contributed by atoms with E-state index in [-0.39, 0.29) is 0 Å². The van der Waals surface area contributed by atoms with E-state index in [0.717, 1.165) is 50.6 Å². The molecule has 0 saturated carbocycles. The van der Waals surface area contributed by atoms with Gasteiger partial charge in [0.25, 0.3) is 0 Å². The van der Waals surface area contributed by atoms with Crippen molar-refractivity contribution < 1.29 is 4.74 Å². The molecule has 1 N–H and O–H groups in total. The Morgan fingerprint density at radius 3 is 3.10 bits per heavy atom. The van der Waals surface area contributed by atoms with Gasteiger partial charge >= 0.3 is 0 Å². The lowest BCUT2D eigenvalue weighted by Gasteiger charge is -2.35. The first-order chi connectivity index (χ1) is 10.4. The summed E-state index contributed by atoms with van der Waals surface area (Å²) in [6.45, 7) is 7.60. The molecule has 21 heavy (non-hydrogen) atoms. The number of hydrogen-bond acceptors (Lipinski definition) is 4. The van der Waals surface area contributed by atoms with Crippen molar-refractivity contribution in [1.29, 1.82) is 0 Å². The molecular weight excluding hydrogens is 262 g/mol. The highest BCUT2D eigenvalue weighted by atomic mass is 16.5. The molecule has 0 amide bonds. The molecule has 1 aromatic carbocycles. The number of nitrogens with zero attached hydrogens (tertiary/aromatic N) is 2. The Hall–Kier alpha value is -1.49. The van der Waals surface area contributed by atoms with Crippen molar-refractivity contribution in [1.82, 2.24) is 15.2 Å². The van der Waals surface area contributed by atoms with Gasteiger partial charge in [-0.15, -0.1) is 0 Å². The van der Waals surface area contributed by atoms with Gasteiger partial charge in [-0.3, -0.25) is 9.88 Å². The van der Waals surface area contributed by atoms with Gasteiger partial charge in [-0.25, -0.2) is 0 Å². The van der Waals surface area contributed by atoms with Crippen LogP contribution in [-0.4, -0.2) is 48.8 Å². The highest BCUT2D eigenvalue weighted by Crippen LogP contribution is 2.15. The number of benzene rings is 1. The number of para-hydroxylation sites is 1. The van der Waals surface area contributed by atoms with Crippen LogP contribution in [0.3, 0.4) is 0 Å². The third-order valence-electron chi connectivity index (χ3n) is 4.00. The number of nitrogens with one attached hydrogen (secondary N) is 1. The summed E-state index contributed by atoms with van der Waals surface area (Å²) >= 11 is 0. The first kappa shape index (κ1) is 14.4. The molecule has 4 heteroatoms. The number of fused-ring (bicyclic) bond motifs is 1. The second-order valence-electron chi connectivity index (χ2n) is 5.50. The van der Waals surface area contributed by atoms with Crippen LogP contribution in [0.15, 0.2) is 36.4 Å². The molecule has 1 unspecified atom stereocenters. The van der Waals surface area contributed by atoms with Crippen molar-refractivity contribution in [2.75, 3.05) is 32.8 Å². The highest BCUT2D eigenvalue weighted by molar-refractivity contribution is 5.78. The maximum absolute atomic E-state index is 5.62. The molecule has 4 nitrogen and oxygen atoms in total. The van der Waals surface area contributed by atoms with E-state index in [2.05, 4.69) is 47.5 Å². The minimum Gasteiger partial charge on any atom is -0.378 e. The summed E-state index contributed by atoms with van der Waals surface area (Å²) in [6, 6.07) is 13.0. The summed E-state index contributed by atoms with van der Waals surface area (Å²) in [4.78, 5) is 7.26. The van der Waals surface area contributed by atoms with Gasteiger partial charge in [0.05, 0.1) is 24.4 Å². The summed E-state index contributed by atoms with van der Waals surface area (Å²) in [5.41, 5.74) is 2.21. The Bertz CT molecular complexity index is 587. The van der Waals surface area contributed by atoms with E-state index in [1.165, 1.54) is 5.39 Å². The second-order valence-corrected chi connectivity index (χ2v) is 5.50. The van der Waals surface area contributed by atoms with E-state index in [9.17, 15) is 0 Å². The first-order valence-electron chi connectivity index (χ1n) is 7.74. The van der Waals surface area contributed by atoms with Crippen molar-refractivity contribution in [3.05, 3.63) is 42.1 Å². The number of pyridine rings is 1. The van der Waals surface area contributed by atoms with Crippen molar-refractivity contribution in [2.45, 2.75) is 19.5 Å². The van der Waals surface area contributed by atoms with E-state index in [4.69, 9.17) is 9.72 Å². The van der Waals surface area contributed by atoms with Crippen LogP contribution in [0.4, 0.5) is 0 Å². The van der Waals surface area contributed by atoms with Gasteiger partial charge in [0, 0.05) is 31.1 Å². The van der Waals surface area contributed by atoms with Gasteiger partial charge in [-0.2, -0.15) is 0 Å². The van der Waals surface area contributed by atoms with Crippen LogP contribution < -0.4 is 5.32 Å². The maximum Gasteiger partial charge on any atom is 0.0705 e. The number of morpholine rings is 1. The predicted octanol–water partition coefficient (Wildman–Crippen LogP) is 2.05. The fourth-order valence-corrected chi connectivity index (χ4v) is 2.80. The van der Waals surface area contributed by atoms with Crippen LogP contribution in [-0.2, 0) is 11.3 Å². The van der Waals surface area contributed by atoms with Gasteiger partial charge < -0.3 is 10.1 Å².